The zero-order chi connectivity index (χ0) is 54.6. The van der Waals surface area contributed by atoms with Crippen LogP contribution in [-0.4, -0.2) is 139 Å². The second kappa shape index (κ2) is 26.4. The number of allylic oxidation sites excluding steroid dienone is 3. The summed E-state index contributed by atoms with van der Waals surface area (Å²) in [5.41, 5.74) is 2.08. The maximum atomic E-state index is 14.3. The van der Waals surface area contributed by atoms with Crippen molar-refractivity contribution < 1.29 is 51.4 Å². The molecule has 5 N–H and O–H groups in total. The second-order valence-corrected chi connectivity index (χ2v) is 21.8. The van der Waals surface area contributed by atoms with Gasteiger partial charge in [-0.15, -0.1) is 0 Å². The van der Waals surface area contributed by atoms with Crippen LogP contribution in [0.4, 0.5) is 18.9 Å². The zero-order valence-electron chi connectivity index (χ0n) is 44.5. The quantitative estimate of drug-likeness (QED) is 0.0905. The third-order valence-corrected chi connectivity index (χ3v) is 15.1. The van der Waals surface area contributed by atoms with Crippen molar-refractivity contribution in [1.82, 2.24) is 41.4 Å². The monoisotopic (exact) mass is 1060 g/mol. The van der Waals surface area contributed by atoms with Gasteiger partial charge in [-0.3, -0.25) is 38.7 Å². The van der Waals surface area contributed by atoms with E-state index in [4.69, 9.17) is 9.47 Å². The van der Waals surface area contributed by atoms with E-state index in [1.54, 1.807) is 36.6 Å². The molecule has 2 saturated carbocycles. The molecule has 2 aliphatic carbocycles. The predicted octanol–water partition coefficient (Wildman–Crippen LogP) is 6.12. The number of nitrogens with zero attached hydrogens (tertiary/aromatic N) is 4. The van der Waals surface area contributed by atoms with Crippen molar-refractivity contribution in [1.29, 1.82) is 0 Å². The molecule has 2 aromatic rings. The van der Waals surface area contributed by atoms with Crippen molar-refractivity contribution in [2.24, 2.45) is 22.7 Å². The smallest absolute Gasteiger partial charge is 0.379 e. The summed E-state index contributed by atoms with van der Waals surface area (Å²) in [6.07, 6.45) is 10.2. The fourth-order valence-corrected chi connectivity index (χ4v) is 11.3. The van der Waals surface area contributed by atoms with E-state index in [1.165, 1.54) is 6.07 Å². The number of nitrogens with one attached hydrogen (secondary N) is 5. The number of carbonyl (C=O) groups is 6. The van der Waals surface area contributed by atoms with Crippen LogP contribution in [0.1, 0.15) is 127 Å². The number of fused-ring (bicyclic) bond motifs is 1. The Balaban J connectivity index is 0.783. The molecule has 76 heavy (non-hydrogen) atoms. The zero-order valence-corrected chi connectivity index (χ0v) is 44.5. The van der Waals surface area contributed by atoms with E-state index in [2.05, 4.69) is 57.3 Å². The Hall–Kier alpha value is -5.99. The molecule has 20 heteroatoms. The number of likely N-dealkylation sites (tertiary alicyclic amines) is 2. The number of alkyl halides is 3. The highest BCUT2D eigenvalue weighted by molar-refractivity contribution is 5.91. The van der Waals surface area contributed by atoms with Gasteiger partial charge in [0.15, 0.2) is 0 Å². The van der Waals surface area contributed by atoms with Gasteiger partial charge in [0.2, 0.25) is 35.4 Å². The first-order valence-corrected chi connectivity index (χ1v) is 26.9. The molecule has 0 bridgehead atoms. The Morgan fingerprint density at radius 3 is 2.32 bits per heavy atom. The van der Waals surface area contributed by atoms with Gasteiger partial charge in [0.1, 0.15) is 0 Å². The van der Waals surface area contributed by atoms with Crippen LogP contribution in [0.5, 0.6) is 0 Å². The number of hydrogen-bond acceptors (Lipinski definition) is 11. The van der Waals surface area contributed by atoms with Gasteiger partial charge in [-0.05, 0) is 114 Å². The fourth-order valence-electron chi connectivity index (χ4n) is 11.3. The number of amides is 6. The molecule has 7 rings (SSSR count). The average molecular weight is 1060 g/mol. The first-order chi connectivity index (χ1) is 36.3. The van der Waals surface area contributed by atoms with E-state index in [-0.39, 0.29) is 130 Å². The van der Waals surface area contributed by atoms with Crippen molar-refractivity contribution in [3.05, 3.63) is 77.1 Å². The summed E-state index contributed by atoms with van der Waals surface area (Å²) in [6, 6.07) is 6.32. The van der Waals surface area contributed by atoms with Crippen LogP contribution in [0.25, 0.3) is 5.57 Å². The van der Waals surface area contributed by atoms with E-state index in [1.807, 2.05) is 30.0 Å². The number of pyridine rings is 1. The molecule has 3 aliphatic heterocycles. The Morgan fingerprint density at radius 2 is 1.59 bits per heavy atom. The van der Waals surface area contributed by atoms with Crippen molar-refractivity contribution in [2.75, 3.05) is 53.1 Å². The van der Waals surface area contributed by atoms with Crippen molar-refractivity contribution in [3.8, 4) is 0 Å². The van der Waals surface area contributed by atoms with Crippen molar-refractivity contribution >= 4 is 52.9 Å². The van der Waals surface area contributed by atoms with Gasteiger partial charge in [-0.1, -0.05) is 23.8 Å². The van der Waals surface area contributed by atoms with Crippen molar-refractivity contribution in [2.45, 2.75) is 147 Å². The molecule has 1 aromatic carbocycles. The molecule has 17 nitrogen and oxygen atoms in total. The Bertz CT molecular complexity index is 2470. The summed E-state index contributed by atoms with van der Waals surface area (Å²) >= 11 is 0. The summed E-state index contributed by atoms with van der Waals surface area (Å²) in [4.78, 5) is 90.8. The first-order valence-electron chi connectivity index (χ1n) is 26.9. The van der Waals surface area contributed by atoms with Crippen LogP contribution in [0.3, 0.4) is 0 Å². The number of halogens is 3. The van der Waals surface area contributed by atoms with E-state index < -0.39 is 29.6 Å². The lowest BCUT2D eigenvalue weighted by Gasteiger charge is -2.44. The maximum Gasteiger partial charge on any atom is 0.416 e. The normalized spacial score (nSPS) is 25.2. The summed E-state index contributed by atoms with van der Waals surface area (Å²) in [5, 5.41) is 15.7. The molecule has 0 spiro atoms. The largest absolute Gasteiger partial charge is 0.416 e. The molecule has 0 radical (unpaired) electrons. The highest BCUT2D eigenvalue weighted by Gasteiger charge is 2.45. The Kier molecular flexibility index (Phi) is 20.0. The van der Waals surface area contributed by atoms with Gasteiger partial charge < -0.3 is 45.9 Å². The molecule has 5 aliphatic rings. The number of hydrogen-bond donors (Lipinski definition) is 5. The van der Waals surface area contributed by atoms with E-state index in [0.29, 0.717) is 74.7 Å². The van der Waals surface area contributed by atoms with Gasteiger partial charge in [0, 0.05) is 100 Å². The van der Waals surface area contributed by atoms with Gasteiger partial charge in [0.05, 0.1) is 67.6 Å². The lowest BCUT2D eigenvalue weighted by Crippen LogP contribution is -2.60. The SMILES string of the molecule is C/C(=C/C1=CCC=Nc2ccc(C(F)(F)F)cc21)[C@H]1CCN([C@H]2CC[C@@H](NC(C)(C)C)C[C@H]2NC(=O)[C@H]2CC[C@@H](NC(=O)CCOCCOCCNC(=O)CCNC(=O)[C@H]3CC(=O)N(C)[C@@H]3c3cccnc3)CC2)C1=O. The van der Waals surface area contributed by atoms with E-state index in [9.17, 15) is 41.9 Å². The van der Waals surface area contributed by atoms with Crippen LogP contribution in [0.2, 0.25) is 0 Å². The topological polar surface area (TPSA) is 213 Å². The first kappa shape index (κ1) is 57.7. The minimum atomic E-state index is -4.51. The van der Waals surface area contributed by atoms with Crippen LogP contribution in [0.15, 0.2) is 65.4 Å². The number of benzene rings is 1. The lowest BCUT2D eigenvalue weighted by atomic mass is 9.82. The number of aromatic nitrogens is 1. The highest BCUT2D eigenvalue weighted by Crippen LogP contribution is 2.40. The van der Waals surface area contributed by atoms with E-state index in [0.717, 1.165) is 29.7 Å². The number of ether oxygens (including phenoxy) is 2. The van der Waals surface area contributed by atoms with Crippen LogP contribution >= 0.6 is 0 Å². The third-order valence-electron chi connectivity index (χ3n) is 15.1. The predicted molar refractivity (Wildman–Crippen MR) is 281 cm³/mol. The third kappa shape index (κ3) is 15.8. The Labute approximate surface area is 444 Å². The molecule has 4 heterocycles. The summed E-state index contributed by atoms with van der Waals surface area (Å²) in [6.45, 7) is 10.1. The van der Waals surface area contributed by atoms with Crippen LogP contribution in [0, 0.1) is 17.8 Å². The minimum Gasteiger partial charge on any atom is -0.379 e. The molecule has 0 unspecified atom stereocenters. The molecule has 414 valence electrons. The summed E-state index contributed by atoms with van der Waals surface area (Å²) in [7, 11) is 1.67. The molecule has 6 atom stereocenters. The molecule has 2 saturated heterocycles. The Morgan fingerprint density at radius 1 is 0.842 bits per heavy atom. The van der Waals surface area contributed by atoms with Crippen LogP contribution < -0.4 is 26.6 Å². The van der Waals surface area contributed by atoms with Crippen molar-refractivity contribution in [3.63, 3.8) is 0 Å². The number of rotatable bonds is 21. The van der Waals surface area contributed by atoms with Gasteiger partial charge in [-0.2, -0.15) is 13.2 Å². The second-order valence-electron chi connectivity index (χ2n) is 21.8. The number of aliphatic imine (C=N–C) groups is 1. The minimum absolute atomic E-state index is 0.0356. The fraction of sp³-hybridized carbons (Fsp3) is 0.607. The summed E-state index contributed by atoms with van der Waals surface area (Å²) in [5.74, 6) is -2.13. The molecule has 1 aromatic heterocycles. The van der Waals surface area contributed by atoms with E-state index >= 15 is 0 Å². The van der Waals surface area contributed by atoms with Gasteiger partial charge in [0.25, 0.3) is 0 Å². The van der Waals surface area contributed by atoms with Crippen LogP contribution in [-0.2, 0) is 44.4 Å². The standard InChI is InChI=1S/C56H76F3N9O8/c1-35(30-37-8-7-22-61-45-16-12-39(31-43(37)45)56(57,58)59)42-19-25-68(54(42)74)47-17-15-41(66-55(2,3)4)32-46(47)65-52(72)36-10-13-40(14-11-36)64-49(70)20-26-75-28-29-76-27-24-62-48(69)18-23-63-53(73)44-33-50(71)67(5)51(44)38-9-6-21-60-34-38/h6,8-9,12,16,21-22,30-31,34,36,40-42,44,46-47,51,66H,7,10-11,13-15,17-20,23-29,32-33H2,1-5H3,(H,62,69)(H,63,73)(H,64,70)(H,65,72)/b35-30-/t36-,40+,41-,42-,44+,46-,47+,51-/m1/s1. The highest BCUT2D eigenvalue weighted by atomic mass is 19.4. The maximum absolute atomic E-state index is 14.3. The molecule has 4 fully saturated rings. The molecular weight excluding hydrogens is 984 g/mol. The van der Waals surface area contributed by atoms with Gasteiger partial charge in [-0.25, -0.2) is 0 Å². The summed E-state index contributed by atoms with van der Waals surface area (Å²) < 4.78 is 52.3. The molecular formula is C56H76F3N9O8. The molecule has 6 amide bonds. The number of carbonyl (C=O) groups excluding carboxylic acids is 6. The van der Waals surface area contributed by atoms with Gasteiger partial charge >= 0.3 is 6.18 Å². The lowest BCUT2D eigenvalue weighted by molar-refractivity contribution is -0.137. The average Bonchev–Trinajstić information content (AvgIpc) is 3.84.